The number of aromatic nitrogens is 4. The van der Waals surface area contributed by atoms with E-state index in [2.05, 4.69) is 20.6 Å². The highest BCUT2D eigenvalue weighted by atomic mass is 19.1. The summed E-state index contributed by atoms with van der Waals surface area (Å²) < 4.78 is 39.1. The lowest BCUT2D eigenvalue weighted by Crippen LogP contribution is -2.51. The van der Waals surface area contributed by atoms with Crippen LogP contribution in [-0.4, -0.2) is 105 Å². The van der Waals surface area contributed by atoms with E-state index in [4.69, 9.17) is 19.4 Å². The van der Waals surface area contributed by atoms with Crippen molar-refractivity contribution in [2.75, 3.05) is 27.3 Å². The first-order valence-electron chi connectivity index (χ1n) is 19.4. The predicted molar refractivity (Wildman–Crippen MR) is 213 cm³/mol. The van der Waals surface area contributed by atoms with Crippen molar-refractivity contribution in [3.8, 4) is 22.3 Å². The Morgan fingerprint density at radius 3 is 1.34 bits per heavy atom. The van der Waals surface area contributed by atoms with Gasteiger partial charge in [-0.2, -0.15) is 0 Å². The van der Waals surface area contributed by atoms with Gasteiger partial charge >= 0.3 is 12.2 Å². The highest BCUT2D eigenvalue weighted by Crippen LogP contribution is 2.37. The number of carbonyl (C=O) groups excluding carboxylic acids is 4. The number of carbonyl (C=O) groups is 4. The van der Waals surface area contributed by atoms with Crippen LogP contribution >= 0.6 is 0 Å². The number of nitrogens with zero attached hydrogens (tertiary/aromatic N) is 4. The molecule has 2 aliphatic heterocycles. The molecule has 58 heavy (non-hydrogen) atoms. The van der Waals surface area contributed by atoms with Gasteiger partial charge in [0.1, 0.15) is 36.1 Å². The number of alkyl halides is 2. The maximum absolute atomic E-state index is 14.9. The third kappa shape index (κ3) is 8.04. The van der Waals surface area contributed by atoms with Crippen molar-refractivity contribution in [3.05, 3.63) is 72.3 Å². The lowest BCUT2D eigenvalue weighted by molar-refractivity contribution is -0.136. The molecule has 16 heteroatoms. The van der Waals surface area contributed by atoms with Crippen molar-refractivity contribution >= 4 is 46.1 Å². The van der Waals surface area contributed by atoms with Crippen LogP contribution in [0.4, 0.5) is 18.4 Å². The molecule has 3 aromatic carbocycles. The summed E-state index contributed by atoms with van der Waals surface area (Å²) in [6.07, 6.45) is -3.77. The molecule has 6 atom stereocenters. The SMILES string of the molecule is COC(=O)N[C@H](C(=O)N1C[C@@H](F)C[C@H]1c1nc2ccc(-c3ccc(-c4ccc5nc([C@@H]6C[C@H](F)CN6C(=O)[C@@H](NC(=O)OC)C(C)C)[nH]c5c4)cc3)cc2[nH]1)C(C)C. The molecule has 0 spiro atoms. The van der Waals surface area contributed by atoms with Crippen molar-refractivity contribution < 1.29 is 37.4 Å². The zero-order chi connectivity index (χ0) is 41.4. The van der Waals surface area contributed by atoms with Crippen LogP contribution in [0.2, 0.25) is 0 Å². The van der Waals surface area contributed by atoms with Crippen molar-refractivity contribution in [3.63, 3.8) is 0 Å². The van der Waals surface area contributed by atoms with Gasteiger partial charge in [0, 0.05) is 12.8 Å². The Bertz CT molecular complexity index is 2170. The second-order valence-electron chi connectivity index (χ2n) is 15.7. The van der Waals surface area contributed by atoms with Gasteiger partial charge in [0.05, 0.1) is 61.5 Å². The summed E-state index contributed by atoms with van der Waals surface area (Å²) in [5, 5.41) is 5.17. The van der Waals surface area contributed by atoms with Crippen LogP contribution in [0.3, 0.4) is 0 Å². The number of rotatable bonds is 10. The van der Waals surface area contributed by atoms with Crippen LogP contribution in [0.1, 0.15) is 64.3 Å². The van der Waals surface area contributed by atoms with E-state index in [0.717, 1.165) is 33.3 Å². The van der Waals surface area contributed by atoms with E-state index in [1.54, 1.807) is 27.7 Å². The average Bonchev–Trinajstić information content (AvgIpc) is 4.01. The molecular formula is C42H48F2N8O6. The van der Waals surface area contributed by atoms with E-state index in [1.807, 2.05) is 60.7 Å². The zero-order valence-electron chi connectivity index (χ0n) is 33.2. The molecule has 0 saturated carbocycles. The summed E-state index contributed by atoms with van der Waals surface area (Å²) in [5.74, 6) is -0.349. The Kier molecular flexibility index (Phi) is 11.4. The molecule has 5 aromatic rings. The first-order chi connectivity index (χ1) is 27.7. The number of likely N-dealkylation sites (tertiary alicyclic amines) is 2. The number of ether oxygens (including phenoxy) is 2. The van der Waals surface area contributed by atoms with E-state index < -0.39 is 60.5 Å². The normalized spacial score (nSPS) is 20.5. The van der Waals surface area contributed by atoms with Gasteiger partial charge in [-0.1, -0.05) is 64.1 Å². The fourth-order valence-electron chi connectivity index (χ4n) is 7.92. The smallest absolute Gasteiger partial charge is 0.407 e. The van der Waals surface area contributed by atoms with Crippen molar-refractivity contribution in [2.24, 2.45) is 11.8 Å². The summed E-state index contributed by atoms with van der Waals surface area (Å²) in [5.41, 5.74) is 6.59. The minimum atomic E-state index is -1.24. The van der Waals surface area contributed by atoms with E-state index in [-0.39, 0.29) is 37.8 Å². The molecule has 2 aliphatic rings. The minimum absolute atomic E-state index is 0.0836. The highest BCUT2D eigenvalue weighted by molar-refractivity contribution is 5.88. The predicted octanol–water partition coefficient (Wildman–Crippen LogP) is 6.76. The van der Waals surface area contributed by atoms with Gasteiger partial charge in [0.15, 0.2) is 0 Å². The molecule has 7 rings (SSSR count). The number of imidazole rings is 2. The molecule has 2 aromatic heterocycles. The van der Waals surface area contributed by atoms with Gasteiger partial charge in [0.2, 0.25) is 11.8 Å². The number of fused-ring (bicyclic) bond motifs is 2. The number of H-pyrrole nitrogens is 2. The molecule has 4 heterocycles. The molecule has 0 bridgehead atoms. The first kappa shape index (κ1) is 40.1. The Labute approximate surface area is 334 Å². The number of hydrogen-bond donors (Lipinski definition) is 4. The highest BCUT2D eigenvalue weighted by Gasteiger charge is 2.43. The van der Waals surface area contributed by atoms with Crippen LogP contribution < -0.4 is 10.6 Å². The van der Waals surface area contributed by atoms with Gasteiger partial charge in [-0.25, -0.2) is 28.3 Å². The summed E-state index contributed by atoms with van der Waals surface area (Å²) in [6.45, 7) is 7.01. The maximum atomic E-state index is 14.9. The molecule has 0 aliphatic carbocycles. The molecule has 14 nitrogen and oxygen atoms in total. The summed E-state index contributed by atoms with van der Waals surface area (Å²) >= 11 is 0. The van der Waals surface area contributed by atoms with Crippen molar-refractivity contribution in [1.29, 1.82) is 0 Å². The molecule has 2 fully saturated rings. The van der Waals surface area contributed by atoms with E-state index in [9.17, 15) is 28.0 Å². The number of aromatic amines is 2. The van der Waals surface area contributed by atoms with E-state index in [0.29, 0.717) is 22.7 Å². The van der Waals surface area contributed by atoms with Gasteiger partial charge < -0.3 is 39.9 Å². The monoisotopic (exact) mass is 798 g/mol. The topological polar surface area (TPSA) is 175 Å². The van der Waals surface area contributed by atoms with Gasteiger partial charge in [-0.05, 0) is 58.4 Å². The van der Waals surface area contributed by atoms with Gasteiger partial charge in [-0.15, -0.1) is 0 Å². The minimum Gasteiger partial charge on any atom is -0.453 e. The Morgan fingerprint density at radius 2 is 1.00 bits per heavy atom. The molecule has 0 radical (unpaired) electrons. The molecule has 2 saturated heterocycles. The lowest BCUT2D eigenvalue weighted by Gasteiger charge is -2.29. The second-order valence-corrected chi connectivity index (χ2v) is 15.7. The number of halogens is 2. The molecule has 0 unspecified atom stereocenters. The summed E-state index contributed by atoms with van der Waals surface area (Å²) in [7, 11) is 2.45. The Morgan fingerprint density at radius 1 is 0.638 bits per heavy atom. The Balaban J connectivity index is 1.08. The molecule has 306 valence electrons. The van der Waals surface area contributed by atoms with Gasteiger partial charge in [0.25, 0.3) is 0 Å². The third-order valence-electron chi connectivity index (χ3n) is 11.0. The third-order valence-corrected chi connectivity index (χ3v) is 11.0. The van der Waals surface area contributed by atoms with Crippen molar-refractivity contribution in [2.45, 2.75) is 77.0 Å². The quantitative estimate of drug-likeness (QED) is 0.120. The van der Waals surface area contributed by atoms with Crippen LogP contribution in [-0.2, 0) is 19.1 Å². The molecular weight excluding hydrogens is 751 g/mol. The first-order valence-corrected chi connectivity index (χ1v) is 19.4. The number of benzene rings is 3. The van der Waals surface area contributed by atoms with Crippen LogP contribution in [0.25, 0.3) is 44.3 Å². The summed E-state index contributed by atoms with van der Waals surface area (Å²) in [6, 6.07) is 16.6. The number of alkyl carbamates (subject to hydrolysis) is 2. The van der Waals surface area contributed by atoms with E-state index >= 15 is 0 Å². The van der Waals surface area contributed by atoms with Crippen LogP contribution in [0.15, 0.2) is 60.7 Å². The van der Waals surface area contributed by atoms with Gasteiger partial charge in [-0.3, -0.25) is 9.59 Å². The summed E-state index contributed by atoms with van der Waals surface area (Å²) in [4.78, 5) is 70.1. The van der Waals surface area contributed by atoms with Crippen LogP contribution in [0.5, 0.6) is 0 Å². The fraction of sp³-hybridized carbons (Fsp3) is 0.429. The number of nitrogens with one attached hydrogen (secondary N) is 4. The lowest BCUT2D eigenvalue weighted by atomic mass is 10.00. The zero-order valence-corrected chi connectivity index (χ0v) is 33.2. The standard InChI is InChI=1S/C42H48F2N8O6/c1-21(2)35(49-41(55)57-5)39(53)51-19-27(43)17-33(51)37-45-29-13-11-25(15-31(29)47-37)23-7-9-24(10-8-23)26-12-14-30-32(16-26)48-38(46-30)34-18-28(44)20-52(34)40(54)36(22(3)4)50-42(56)58-6/h7-16,21-22,27-28,33-36H,17-20H2,1-6H3,(H,45,47)(H,46,48)(H,49,55)(H,50,56)/t27-,28-,33-,34-,35-,36-/m0/s1. The largest absolute Gasteiger partial charge is 0.453 e. The van der Waals surface area contributed by atoms with E-state index in [1.165, 1.54) is 24.0 Å². The second kappa shape index (κ2) is 16.4. The fourth-order valence-corrected chi connectivity index (χ4v) is 7.92. The number of hydrogen-bond acceptors (Lipinski definition) is 8. The van der Waals surface area contributed by atoms with Crippen LogP contribution in [0, 0.1) is 11.8 Å². The molecule has 4 N–H and O–H groups in total. The number of methoxy groups -OCH3 is 2. The Hall–Kier alpha value is -6.06. The maximum Gasteiger partial charge on any atom is 0.407 e. The molecule has 4 amide bonds. The average molecular weight is 799 g/mol. The number of amides is 4. The van der Waals surface area contributed by atoms with Crippen molar-refractivity contribution in [1.82, 2.24) is 40.4 Å².